The molecule has 0 bridgehead atoms. The largest absolute Gasteiger partial charge is 0.402 e. The Morgan fingerprint density at radius 3 is 1.90 bits per heavy atom. The van der Waals surface area contributed by atoms with Gasteiger partial charge in [-0.3, -0.25) is 0 Å². The molecule has 1 heteroatoms. The van der Waals surface area contributed by atoms with E-state index in [0.29, 0.717) is 5.92 Å². The SMILES string of the molecule is C=C(N)C1CCCC1.CC. The molecule has 1 fully saturated rings. The van der Waals surface area contributed by atoms with Crippen molar-refractivity contribution in [2.75, 3.05) is 0 Å². The Morgan fingerprint density at radius 2 is 1.70 bits per heavy atom. The number of nitrogens with two attached hydrogens (primary N) is 1. The maximum absolute atomic E-state index is 5.50. The normalized spacial score (nSPS) is 17.8. The van der Waals surface area contributed by atoms with Gasteiger partial charge in [-0.05, 0) is 18.8 Å². The van der Waals surface area contributed by atoms with E-state index in [0.717, 1.165) is 5.70 Å². The van der Waals surface area contributed by atoms with Gasteiger partial charge in [-0.15, -0.1) is 0 Å². The van der Waals surface area contributed by atoms with Crippen LogP contribution < -0.4 is 5.73 Å². The average molecular weight is 141 g/mol. The highest BCUT2D eigenvalue weighted by Crippen LogP contribution is 2.27. The number of hydrogen-bond acceptors (Lipinski definition) is 1. The first-order valence-corrected chi connectivity index (χ1v) is 4.25. The summed E-state index contributed by atoms with van der Waals surface area (Å²) in [6.45, 7) is 7.71. The summed E-state index contributed by atoms with van der Waals surface area (Å²) in [5, 5.41) is 0. The van der Waals surface area contributed by atoms with Crippen molar-refractivity contribution in [3.63, 3.8) is 0 Å². The molecule has 0 aromatic rings. The predicted octanol–water partition coefficient (Wildman–Crippen LogP) is 2.68. The van der Waals surface area contributed by atoms with E-state index in [9.17, 15) is 0 Å². The van der Waals surface area contributed by atoms with Crippen LogP contribution in [0.3, 0.4) is 0 Å². The minimum absolute atomic E-state index is 0.648. The molecule has 0 unspecified atom stereocenters. The average Bonchev–Trinajstić information content (AvgIpc) is 2.42. The van der Waals surface area contributed by atoms with Crippen LogP contribution in [0.5, 0.6) is 0 Å². The Bertz CT molecular complexity index is 90.9. The Kier molecular flexibility index (Phi) is 5.09. The lowest BCUT2D eigenvalue weighted by molar-refractivity contribution is 0.637. The molecule has 0 radical (unpaired) electrons. The van der Waals surface area contributed by atoms with Crippen molar-refractivity contribution in [1.82, 2.24) is 0 Å². The Hall–Kier alpha value is -0.460. The van der Waals surface area contributed by atoms with Gasteiger partial charge < -0.3 is 5.73 Å². The van der Waals surface area contributed by atoms with Gasteiger partial charge in [0, 0.05) is 5.70 Å². The van der Waals surface area contributed by atoms with Crippen LogP contribution in [0.4, 0.5) is 0 Å². The first-order chi connectivity index (χ1) is 4.80. The summed E-state index contributed by atoms with van der Waals surface area (Å²) in [4.78, 5) is 0. The van der Waals surface area contributed by atoms with Gasteiger partial charge in [0.15, 0.2) is 0 Å². The highest BCUT2D eigenvalue weighted by atomic mass is 14.6. The van der Waals surface area contributed by atoms with Gasteiger partial charge in [-0.1, -0.05) is 33.3 Å². The second-order valence-corrected chi connectivity index (χ2v) is 2.56. The first kappa shape index (κ1) is 9.54. The molecule has 1 rings (SSSR count). The number of rotatable bonds is 1. The summed E-state index contributed by atoms with van der Waals surface area (Å²) >= 11 is 0. The zero-order valence-electron chi connectivity index (χ0n) is 7.19. The Labute approximate surface area is 64.3 Å². The lowest BCUT2D eigenvalue weighted by atomic mass is 10.1. The molecule has 0 aromatic heterocycles. The summed E-state index contributed by atoms with van der Waals surface area (Å²) < 4.78 is 0. The fourth-order valence-corrected chi connectivity index (χ4v) is 1.30. The van der Waals surface area contributed by atoms with E-state index in [1.165, 1.54) is 25.7 Å². The molecule has 10 heavy (non-hydrogen) atoms. The van der Waals surface area contributed by atoms with E-state index in [1.54, 1.807) is 0 Å². The predicted molar refractivity (Wildman–Crippen MR) is 46.6 cm³/mol. The van der Waals surface area contributed by atoms with Gasteiger partial charge in [0.25, 0.3) is 0 Å². The maximum atomic E-state index is 5.50. The Balaban J connectivity index is 0.000000371. The fourth-order valence-electron chi connectivity index (χ4n) is 1.30. The third-order valence-electron chi connectivity index (χ3n) is 1.88. The molecule has 1 nitrogen and oxygen atoms in total. The molecule has 0 amide bonds. The van der Waals surface area contributed by atoms with Gasteiger partial charge in [0.05, 0.1) is 0 Å². The molecule has 1 saturated carbocycles. The third-order valence-corrected chi connectivity index (χ3v) is 1.88. The lowest BCUT2D eigenvalue weighted by Crippen LogP contribution is -2.05. The van der Waals surface area contributed by atoms with Crippen LogP contribution in [0.25, 0.3) is 0 Å². The summed E-state index contributed by atoms with van der Waals surface area (Å²) in [6, 6.07) is 0. The van der Waals surface area contributed by atoms with Gasteiger partial charge >= 0.3 is 0 Å². The van der Waals surface area contributed by atoms with Crippen LogP contribution in [0.15, 0.2) is 12.3 Å². The van der Waals surface area contributed by atoms with Crippen molar-refractivity contribution < 1.29 is 0 Å². The monoisotopic (exact) mass is 141 g/mol. The van der Waals surface area contributed by atoms with E-state index in [2.05, 4.69) is 6.58 Å². The van der Waals surface area contributed by atoms with Crippen LogP contribution in [0.2, 0.25) is 0 Å². The van der Waals surface area contributed by atoms with E-state index >= 15 is 0 Å². The van der Waals surface area contributed by atoms with Gasteiger partial charge in [0.2, 0.25) is 0 Å². The zero-order valence-corrected chi connectivity index (χ0v) is 7.19. The number of hydrogen-bond donors (Lipinski definition) is 1. The maximum Gasteiger partial charge on any atom is 0.00390 e. The molecule has 1 aliphatic rings. The molecule has 0 saturated heterocycles. The van der Waals surface area contributed by atoms with Crippen molar-refractivity contribution in [2.45, 2.75) is 39.5 Å². The van der Waals surface area contributed by atoms with E-state index in [-0.39, 0.29) is 0 Å². The highest BCUT2D eigenvalue weighted by molar-refractivity contribution is 4.96. The third kappa shape index (κ3) is 2.90. The van der Waals surface area contributed by atoms with Crippen molar-refractivity contribution in [3.8, 4) is 0 Å². The van der Waals surface area contributed by atoms with Gasteiger partial charge in [-0.25, -0.2) is 0 Å². The smallest absolute Gasteiger partial charge is 0.00390 e. The lowest BCUT2D eigenvalue weighted by Gasteiger charge is -2.04. The van der Waals surface area contributed by atoms with Gasteiger partial charge in [0.1, 0.15) is 0 Å². The molecule has 0 atom stereocenters. The summed E-state index contributed by atoms with van der Waals surface area (Å²) in [7, 11) is 0. The van der Waals surface area contributed by atoms with Crippen LogP contribution >= 0.6 is 0 Å². The zero-order chi connectivity index (χ0) is 7.98. The van der Waals surface area contributed by atoms with Crippen LogP contribution in [-0.2, 0) is 0 Å². The molecular formula is C9H19N. The second-order valence-electron chi connectivity index (χ2n) is 2.56. The van der Waals surface area contributed by atoms with Crippen molar-refractivity contribution in [1.29, 1.82) is 0 Å². The summed E-state index contributed by atoms with van der Waals surface area (Å²) in [5.41, 5.74) is 6.39. The van der Waals surface area contributed by atoms with E-state index in [1.807, 2.05) is 13.8 Å². The molecule has 0 heterocycles. The quantitative estimate of drug-likeness (QED) is 0.597. The van der Waals surface area contributed by atoms with Crippen LogP contribution in [0.1, 0.15) is 39.5 Å². The molecular weight excluding hydrogens is 122 g/mol. The van der Waals surface area contributed by atoms with E-state index in [4.69, 9.17) is 5.73 Å². The minimum atomic E-state index is 0.648. The second kappa shape index (κ2) is 5.33. The molecule has 60 valence electrons. The van der Waals surface area contributed by atoms with Gasteiger partial charge in [-0.2, -0.15) is 0 Å². The fraction of sp³-hybridized carbons (Fsp3) is 0.778. The first-order valence-electron chi connectivity index (χ1n) is 4.25. The Morgan fingerprint density at radius 1 is 1.30 bits per heavy atom. The van der Waals surface area contributed by atoms with E-state index < -0.39 is 0 Å². The number of allylic oxidation sites excluding steroid dienone is 1. The van der Waals surface area contributed by atoms with Crippen molar-refractivity contribution >= 4 is 0 Å². The van der Waals surface area contributed by atoms with Crippen LogP contribution in [0, 0.1) is 5.92 Å². The topological polar surface area (TPSA) is 26.0 Å². The molecule has 0 spiro atoms. The molecule has 2 N–H and O–H groups in total. The summed E-state index contributed by atoms with van der Waals surface area (Å²) in [5.74, 6) is 0.648. The molecule has 0 aliphatic heterocycles. The van der Waals surface area contributed by atoms with Crippen molar-refractivity contribution in [2.24, 2.45) is 11.7 Å². The standard InChI is InChI=1S/C7H13N.C2H6/c1-6(8)7-4-2-3-5-7;1-2/h7H,1-5,8H2;1-2H3. The summed E-state index contributed by atoms with van der Waals surface area (Å²) in [6.07, 6.45) is 5.24. The highest BCUT2D eigenvalue weighted by Gasteiger charge is 2.14. The molecule has 0 aromatic carbocycles. The van der Waals surface area contributed by atoms with Crippen LogP contribution in [-0.4, -0.2) is 0 Å². The van der Waals surface area contributed by atoms with Crippen molar-refractivity contribution in [3.05, 3.63) is 12.3 Å². The minimum Gasteiger partial charge on any atom is -0.402 e. The molecule has 1 aliphatic carbocycles.